The number of hydrogen-bond donors (Lipinski definition) is 1. The molecule has 0 amide bonds. The van der Waals surface area contributed by atoms with Crippen molar-refractivity contribution in [3.63, 3.8) is 0 Å². The Morgan fingerprint density at radius 1 is 0.514 bits per heavy atom. The van der Waals surface area contributed by atoms with Gasteiger partial charge in [-0.2, -0.15) is 0 Å². The summed E-state index contributed by atoms with van der Waals surface area (Å²) in [5.41, 5.74) is 16.7. The number of rotatable bonds is 9. The molecule has 1 N–H and O–H groups in total. The summed E-state index contributed by atoms with van der Waals surface area (Å²) in [6.07, 6.45) is 4.26. The van der Waals surface area contributed by atoms with Crippen LogP contribution in [-0.4, -0.2) is 7.05 Å². The van der Waals surface area contributed by atoms with Gasteiger partial charge in [-0.3, -0.25) is 10.4 Å². The number of hydrazine groups is 1. The lowest BCUT2D eigenvalue weighted by Crippen LogP contribution is -2.26. The normalized spacial score (nSPS) is 10.9. The van der Waals surface area contributed by atoms with Gasteiger partial charge in [0, 0.05) is 7.05 Å². The van der Waals surface area contributed by atoms with Crippen molar-refractivity contribution in [2.75, 3.05) is 17.5 Å². The maximum Gasteiger partial charge on any atom is 0.0597 e. The first-order valence-corrected chi connectivity index (χ1v) is 12.7. The number of nitrogens with zero attached hydrogens (tertiary/aromatic N) is 1. The molecule has 0 bridgehead atoms. The monoisotopic (exact) mass is 462 g/mol. The van der Waals surface area contributed by atoms with Gasteiger partial charge in [0.2, 0.25) is 0 Å². The molecule has 0 aliphatic carbocycles. The van der Waals surface area contributed by atoms with E-state index in [4.69, 9.17) is 0 Å². The molecule has 0 spiro atoms. The van der Waals surface area contributed by atoms with Gasteiger partial charge in [0.25, 0.3) is 0 Å². The molecule has 2 heteroatoms. The van der Waals surface area contributed by atoms with Gasteiger partial charge >= 0.3 is 0 Å². The Kier molecular flexibility index (Phi) is 7.92. The van der Waals surface area contributed by atoms with Crippen LogP contribution < -0.4 is 10.4 Å². The fourth-order valence-corrected chi connectivity index (χ4v) is 4.58. The zero-order valence-electron chi connectivity index (χ0n) is 21.9. The van der Waals surface area contributed by atoms with Crippen LogP contribution in [0, 0.1) is 27.7 Å². The number of benzene rings is 4. The first kappa shape index (κ1) is 24.6. The third-order valence-electron chi connectivity index (χ3n) is 6.85. The molecule has 0 fully saturated rings. The van der Waals surface area contributed by atoms with Crippen molar-refractivity contribution in [1.29, 1.82) is 0 Å². The Balaban J connectivity index is 1.35. The van der Waals surface area contributed by atoms with Crippen molar-refractivity contribution in [2.24, 2.45) is 0 Å². The Bertz CT molecular complexity index is 1250. The van der Waals surface area contributed by atoms with Crippen LogP contribution in [0.5, 0.6) is 0 Å². The zero-order valence-corrected chi connectivity index (χ0v) is 21.9. The van der Waals surface area contributed by atoms with Gasteiger partial charge in [-0.1, -0.05) is 83.9 Å². The summed E-state index contributed by atoms with van der Waals surface area (Å²) in [5.74, 6) is 0. The highest BCUT2D eigenvalue weighted by Crippen LogP contribution is 2.24. The zero-order chi connectivity index (χ0) is 24.8. The van der Waals surface area contributed by atoms with Gasteiger partial charge < -0.3 is 0 Å². The lowest BCUT2D eigenvalue weighted by Gasteiger charge is -2.25. The predicted molar refractivity (Wildman–Crippen MR) is 152 cm³/mol. The van der Waals surface area contributed by atoms with Crippen molar-refractivity contribution in [3.8, 4) is 0 Å². The molecule has 0 saturated carbocycles. The van der Waals surface area contributed by atoms with Crippen molar-refractivity contribution >= 4 is 11.4 Å². The van der Waals surface area contributed by atoms with Crippen molar-refractivity contribution in [3.05, 3.63) is 129 Å². The maximum atomic E-state index is 3.59. The molecule has 0 unspecified atom stereocenters. The molecule has 0 atom stereocenters. The molecule has 0 aromatic heterocycles. The second-order valence-electron chi connectivity index (χ2n) is 9.91. The topological polar surface area (TPSA) is 15.3 Å². The van der Waals surface area contributed by atoms with E-state index in [1.807, 2.05) is 0 Å². The highest BCUT2D eigenvalue weighted by Gasteiger charge is 2.08. The van der Waals surface area contributed by atoms with E-state index in [0.29, 0.717) is 0 Å². The van der Waals surface area contributed by atoms with Crippen LogP contribution in [-0.2, 0) is 25.7 Å². The van der Waals surface area contributed by atoms with Crippen LogP contribution in [0.3, 0.4) is 0 Å². The molecule has 0 saturated heterocycles. The minimum absolute atomic E-state index is 1.06. The van der Waals surface area contributed by atoms with Crippen LogP contribution in [0.4, 0.5) is 11.4 Å². The fraction of sp³-hybridized carbons (Fsp3) is 0.273. The van der Waals surface area contributed by atoms with Gasteiger partial charge in [-0.15, -0.1) is 0 Å². The molecule has 0 heterocycles. The van der Waals surface area contributed by atoms with E-state index in [0.717, 1.165) is 31.4 Å². The van der Waals surface area contributed by atoms with Crippen LogP contribution in [0.1, 0.15) is 44.5 Å². The smallest absolute Gasteiger partial charge is 0.0597 e. The molecule has 35 heavy (non-hydrogen) atoms. The Morgan fingerprint density at radius 3 is 1.43 bits per heavy atom. The maximum absolute atomic E-state index is 3.59. The molecular formula is C33H38N2. The van der Waals surface area contributed by atoms with Crippen molar-refractivity contribution in [1.82, 2.24) is 0 Å². The van der Waals surface area contributed by atoms with Crippen LogP contribution in [0.25, 0.3) is 0 Å². The van der Waals surface area contributed by atoms with E-state index in [9.17, 15) is 0 Å². The van der Waals surface area contributed by atoms with E-state index in [2.05, 4.69) is 130 Å². The number of aryl methyl sites for hydroxylation is 8. The average Bonchev–Trinajstić information content (AvgIpc) is 2.85. The van der Waals surface area contributed by atoms with Gasteiger partial charge in [0.05, 0.1) is 11.4 Å². The predicted octanol–water partition coefficient (Wildman–Crippen LogP) is 7.95. The van der Waals surface area contributed by atoms with Crippen molar-refractivity contribution < 1.29 is 0 Å². The lowest BCUT2D eigenvalue weighted by molar-refractivity contribution is 0.953. The van der Waals surface area contributed by atoms with E-state index in [1.54, 1.807) is 0 Å². The molecule has 4 rings (SSSR count). The average molecular weight is 463 g/mol. The van der Waals surface area contributed by atoms with Gasteiger partial charge in [-0.25, -0.2) is 0 Å². The van der Waals surface area contributed by atoms with Crippen LogP contribution in [0.15, 0.2) is 84.9 Å². The second-order valence-corrected chi connectivity index (χ2v) is 9.91. The van der Waals surface area contributed by atoms with Crippen molar-refractivity contribution in [2.45, 2.75) is 53.4 Å². The summed E-state index contributed by atoms with van der Waals surface area (Å²) in [6, 6.07) is 31.3. The summed E-state index contributed by atoms with van der Waals surface area (Å²) < 4.78 is 0. The molecule has 0 aliphatic heterocycles. The molecule has 0 aliphatic rings. The quantitative estimate of drug-likeness (QED) is 0.254. The lowest BCUT2D eigenvalue weighted by atomic mass is 10.0. The summed E-state index contributed by atoms with van der Waals surface area (Å²) in [7, 11) is 2.10. The summed E-state index contributed by atoms with van der Waals surface area (Å²) in [4.78, 5) is 0. The first-order chi connectivity index (χ1) is 16.9. The minimum Gasteiger partial charge on any atom is -0.298 e. The third-order valence-corrected chi connectivity index (χ3v) is 6.85. The minimum atomic E-state index is 1.06. The fourth-order valence-electron chi connectivity index (χ4n) is 4.58. The Morgan fingerprint density at radius 2 is 0.943 bits per heavy atom. The summed E-state index contributed by atoms with van der Waals surface area (Å²) >= 11 is 0. The molecule has 4 aromatic rings. The van der Waals surface area contributed by atoms with Gasteiger partial charge in [-0.05, 0) is 98.9 Å². The highest BCUT2D eigenvalue weighted by atomic mass is 15.5. The number of anilines is 2. The second kappa shape index (κ2) is 11.3. The van der Waals surface area contributed by atoms with Gasteiger partial charge in [0.15, 0.2) is 0 Å². The van der Waals surface area contributed by atoms with E-state index in [1.165, 1.54) is 50.2 Å². The first-order valence-electron chi connectivity index (χ1n) is 12.7. The molecule has 0 radical (unpaired) electrons. The SMILES string of the molecule is Cc1ccc(CCc2ccc(NN(C)c3ccc(CCc4ccc(C)cc4)cc3C)c(C)c2)cc1. The molecule has 2 nitrogen and oxygen atoms in total. The van der Waals surface area contributed by atoms with Crippen LogP contribution >= 0.6 is 0 Å². The molecule has 180 valence electrons. The van der Waals surface area contributed by atoms with E-state index >= 15 is 0 Å². The number of nitrogens with one attached hydrogen (secondary N) is 1. The number of hydrogen-bond acceptors (Lipinski definition) is 2. The van der Waals surface area contributed by atoms with Gasteiger partial charge in [0.1, 0.15) is 0 Å². The largest absolute Gasteiger partial charge is 0.298 e. The standard InChI is InChI=1S/C33H38N2/c1-24-6-10-28(11-7-24)14-16-30-18-20-32(26(3)22-30)34-35(5)33-21-19-31(23-27(33)4)17-15-29-12-8-25(2)9-13-29/h6-13,18-23,34H,14-17H2,1-5H3. The molecule has 4 aromatic carbocycles. The highest BCUT2D eigenvalue weighted by molar-refractivity contribution is 5.61. The summed E-state index contributed by atoms with van der Waals surface area (Å²) in [5, 5.41) is 2.13. The Labute approximate surface area is 211 Å². The van der Waals surface area contributed by atoms with Crippen LogP contribution in [0.2, 0.25) is 0 Å². The summed E-state index contributed by atoms with van der Waals surface area (Å²) in [6.45, 7) is 8.66. The van der Waals surface area contributed by atoms with E-state index in [-0.39, 0.29) is 0 Å². The Hall–Kier alpha value is -3.52. The molecular weight excluding hydrogens is 424 g/mol. The third kappa shape index (κ3) is 6.76. The van der Waals surface area contributed by atoms with E-state index < -0.39 is 0 Å².